The lowest BCUT2D eigenvalue weighted by Gasteiger charge is -2.27. The van der Waals surface area contributed by atoms with Crippen LogP contribution >= 0.6 is 15.9 Å². The van der Waals surface area contributed by atoms with E-state index in [2.05, 4.69) is 27.0 Å². The number of carbonyl (C=O) groups is 2. The number of carbonyl (C=O) groups excluding carboxylic acids is 2. The van der Waals surface area contributed by atoms with Gasteiger partial charge in [0.15, 0.2) is 0 Å². The van der Waals surface area contributed by atoms with E-state index in [9.17, 15) is 9.59 Å². The summed E-state index contributed by atoms with van der Waals surface area (Å²) in [6.07, 6.45) is 2.36. The molecular weight excluding hydrogens is 394 g/mol. The summed E-state index contributed by atoms with van der Waals surface area (Å²) < 4.78 is 1.05. The van der Waals surface area contributed by atoms with E-state index in [0.717, 1.165) is 36.0 Å². The number of nitrogens with one attached hydrogen (secondary N) is 1. The molecular formula is C20H26BrN3O2. The number of amides is 2. The maximum absolute atomic E-state index is 12.6. The van der Waals surface area contributed by atoms with Crippen LogP contribution in [0, 0.1) is 0 Å². The molecule has 0 radical (unpaired) electrons. The maximum atomic E-state index is 12.6. The second kappa shape index (κ2) is 8.25. The zero-order valence-electron chi connectivity index (χ0n) is 15.5. The summed E-state index contributed by atoms with van der Waals surface area (Å²) in [5.41, 5.74) is 3.56. The van der Waals surface area contributed by atoms with E-state index in [-0.39, 0.29) is 11.8 Å². The van der Waals surface area contributed by atoms with Crippen LogP contribution in [0.25, 0.3) is 10.9 Å². The first kappa shape index (κ1) is 19.0. The molecule has 0 spiro atoms. The van der Waals surface area contributed by atoms with Crippen molar-refractivity contribution in [2.24, 2.45) is 0 Å². The molecule has 0 saturated heterocycles. The van der Waals surface area contributed by atoms with Crippen LogP contribution in [0.1, 0.15) is 44.4 Å². The Morgan fingerprint density at radius 3 is 2.73 bits per heavy atom. The summed E-state index contributed by atoms with van der Waals surface area (Å²) in [4.78, 5) is 31.9. The molecule has 0 fully saturated rings. The van der Waals surface area contributed by atoms with Gasteiger partial charge >= 0.3 is 0 Å². The molecule has 1 N–H and O–H groups in total. The summed E-state index contributed by atoms with van der Waals surface area (Å²) >= 11 is 3.59. The van der Waals surface area contributed by atoms with E-state index in [1.807, 2.05) is 35.8 Å². The fourth-order valence-electron chi connectivity index (χ4n) is 3.70. The van der Waals surface area contributed by atoms with Crippen molar-refractivity contribution >= 4 is 38.6 Å². The zero-order chi connectivity index (χ0) is 18.7. The Bertz CT molecular complexity index is 811. The molecule has 6 heteroatoms. The van der Waals surface area contributed by atoms with Crippen molar-refractivity contribution in [3.05, 3.63) is 33.9 Å². The molecule has 2 amide bonds. The number of nitrogens with zero attached hydrogens (tertiary/aromatic N) is 2. The van der Waals surface area contributed by atoms with Gasteiger partial charge in [-0.3, -0.25) is 9.59 Å². The number of hydrogen-bond donors (Lipinski definition) is 1. The van der Waals surface area contributed by atoms with Gasteiger partial charge in [0.05, 0.1) is 5.52 Å². The van der Waals surface area contributed by atoms with Crippen molar-refractivity contribution in [3.63, 3.8) is 0 Å². The highest BCUT2D eigenvalue weighted by Gasteiger charge is 2.24. The van der Waals surface area contributed by atoms with Crippen LogP contribution in [0.4, 0.5) is 0 Å². The van der Waals surface area contributed by atoms with Gasteiger partial charge in [0.25, 0.3) is 0 Å². The van der Waals surface area contributed by atoms with Crippen LogP contribution in [-0.2, 0) is 22.6 Å². The molecule has 1 aromatic heterocycles. The number of aromatic amines is 1. The van der Waals surface area contributed by atoms with Gasteiger partial charge in [0, 0.05) is 66.6 Å². The Kier molecular flexibility index (Phi) is 6.01. The SMILES string of the molecule is CCN(CC)C(=O)CCCC(=O)N1CCc2[nH]c3c(Br)cccc3c2C1. The van der Waals surface area contributed by atoms with Crippen LogP contribution in [0.3, 0.4) is 0 Å². The highest BCUT2D eigenvalue weighted by atomic mass is 79.9. The summed E-state index contributed by atoms with van der Waals surface area (Å²) in [5.74, 6) is 0.289. The smallest absolute Gasteiger partial charge is 0.222 e. The van der Waals surface area contributed by atoms with Gasteiger partial charge < -0.3 is 14.8 Å². The highest BCUT2D eigenvalue weighted by molar-refractivity contribution is 9.10. The topological polar surface area (TPSA) is 56.4 Å². The summed E-state index contributed by atoms with van der Waals surface area (Å²) in [7, 11) is 0. The third-order valence-corrected chi connectivity index (χ3v) is 5.87. The third kappa shape index (κ3) is 3.80. The molecule has 2 aromatic rings. The molecule has 0 saturated carbocycles. The monoisotopic (exact) mass is 419 g/mol. The minimum Gasteiger partial charge on any atom is -0.357 e. The van der Waals surface area contributed by atoms with Crippen LogP contribution in [-0.4, -0.2) is 46.2 Å². The van der Waals surface area contributed by atoms with Gasteiger partial charge in [0.1, 0.15) is 0 Å². The van der Waals surface area contributed by atoms with Crippen molar-refractivity contribution in [1.29, 1.82) is 0 Å². The number of para-hydroxylation sites is 1. The number of benzene rings is 1. The van der Waals surface area contributed by atoms with Gasteiger partial charge in [-0.05, 0) is 42.3 Å². The van der Waals surface area contributed by atoms with E-state index >= 15 is 0 Å². The van der Waals surface area contributed by atoms with Gasteiger partial charge in [-0.25, -0.2) is 0 Å². The standard InChI is InChI=1S/C20H26BrN3O2/c1-3-23(4-2)18(25)9-6-10-19(26)24-12-11-17-15(13-24)14-7-5-8-16(21)20(14)22-17/h5,7-8,22H,3-4,6,9-13H2,1-2H3. The Labute approximate surface area is 162 Å². The summed E-state index contributed by atoms with van der Waals surface area (Å²) in [6.45, 7) is 6.81. The normalized spacial score (nSPS) is 13.7. The van der Waals surface area contributed by atoms with Gasteiger partial charge in [0.2, 0.25) is 11.8 Å². The minimum atomic E-state index is 0.144. The second-order valence-electron chi connectivity index (χ2n) is 6.73. The lowest BCUT2D eigenvalue weighted by atomic mass is 10.0. The van der Waals surface area contributed by atoms with Crippen molar-refractivity contribution < 1.29 is 9.59 Å². The predicted molar refractivity (Wildman–Crippen MR) is 107 cm³/mol. The molecule has 0 unspecified atom stereocenters. The van der Waals surface area contributed by atoms with E-state index < -0.39 is 0 Å². The largest absolute Gasteiger partial charge is 0.357 e. The molecule has 3 rings (SSSR count). The molecule has 1 aliphatic rings. The van der Waals surface area contributed by atoms with E-state index in [1.54, 1.807) is 0 Å². The molecule has 1 aliphatic heterocycles. The molecule has 26 heavy (non-hydrogen) atoms. The minimum absolute atomic E-state index is 0.144. The average molecular weight is 420 g/mol. The van der Waals surface area contributed by atoms with E-state index in [1.165, 1.54) is 16.6 Å². The second-order valence-corrected chi connectivity index (χ2v) is 7.58. The van der Waals surface area contributed by atoms with Crippen molar-refractivity contribution in [2.45, 2.75) is 46.1 Å². The first-order chi connectivity index (χ1) is 12.5. The maximum Gasteiger partial charge on any atom is 0.222 e. The lowest BCUT2D eigenvalue weighted by Crippen LogP contribution is -2.36. The van der Waals surface area contributed by atoms with E-state index in [4.69, 9.17) is 0 Å². The van der Waals surface area contributed by atoms with Crippen molar-refractivity contribution in [3.8, 4) is 0 Å². The zero-order valence-corrected chi connectivity index (χ0v) is 17.1. The fraction of sp³-hybridized carbons (Fsp3) is 0.500. The molecule has 0 aliphatic carbocycles. The Morgan fingerprint density at radius 2 is 2.00 bits per heavy atom. The lowest BCUT2D eigenvalue weighted by molar-refractivity contribution is -0.133. The Hall–Kier alpha value is -1.82. The highest BCUT2D eigenvalue weighted by Crippen LogP contribution is 2.32. The van der Waals surface area contributed by atoms with Gasteiger partial charge in [-0.1, -0.05) is 12.1 Å². The van der Waals surface area contributed by atoms with Crippen molar-refractivity contribution in [2.75, 3.05) is 19.6 Å². The van der Waals surface area contributed by atoms with Crippen LogP contribution in [0.5, 0.6) is 0 Å². The van der Waals surface area contributed by atoms with Crippen LogP contribution < -0.4 is 0 Å². The molecule has 0 atom stereocenters. The first-order valence-electron chi connectivity index (χ1n) is 9.38. The van der Waals surface area contributed by atoms with Gasteiger partial charge in [-0.2, -0.15) is 0 Å². The van der Waals surface area contributed by atoms with Gasteiger partial charge in [-0.15, -0.1) is 0 Å². The third-order valence-electron chi connectivity index (χ3n) is 5.21. The molecule has 1 aromatic carbocycles. The number of rotatable bonds is 6. The number of fused-ring (bicyclic) bond motifs is 3. The number of H-pyrrole nitrogens is 1. The fourth-order valence-corrected chi connectivity index (χ4v) is 4.16. The molecule has 5 nitrogen and oxygen atoms in total. The number of aromatic nitrogens is 1. The van der Waals surface area contributed by atoms with Crippen LogP contribution in [0.15, 0.2) is 22.7 Å². The number of halogens is 1. The van der Waals surface area contributed by atoms with E-state index in [0.29, 0.717) is 25.8 Å². The van der Waals surface area contributed by atoms with Crippen molar-refractivity contribution in [1.82, 2.24) is 14.8 Å². The summed E-state index contributed by atoms with van der Waals surface area (Å²) in [5, 5.41) is 1.18. The quantitative estimate of drug-likeness (QED) is 0.772. The first-order valence-corrected chi connectivity index (χ1v) is 10.2. The van der Waals surface area contributed by atoms with Crippen LogP contribution in [0.2, 0.25) is 0 Å². The predicted octanol–water partition coefficient (Wildman–Crippen LogP) is 3.85. The summed E-state index contributed by atoms with van der Waals surface area (Å²) in [6, 6.07) is 6.16. The molecule has 140 valence electrons. The Balaban J connectivity index is 1.60. The number of hydrogen-bond acceptors (Lipinski definition) is 2. The Morgan fingerprint density at radius 1 is 1.23 bits per heavy atom. The molecule has 0 bridgehead atoms. The average Bonchev–Trinajstić information content (AvgIpc) is 3.02. The molecule has 2 heterocycles.